The molecule has 0 atom stereocenters. The molecule has 0 fully saturated rings. The minimum absolute atomic E-state index is 0.102. The highest BCUT2D eigenvalue weighted by Crippen LogP contribution is 2.13. The van der Waals surface area contributed by atoms with Crippen LogP contribution in [0.5, 0.6) is 0 Å². The zero-order chi connectivity index (χ0) is 13.1. The van der Waals surface area contributed by atoms with Crippen molar-refractivity contribution >= 4 is 11.7 Å². The van der Waals surface area contributed by atoms with E-state index in [4.69, 9.17) is 11.1 Å². The van der Waals surface area contributed by atoms with E-state index in [1.807, 2.05) is 11.8 Å². The number of aliphatic hydroxyl groups is 1. The number of hydrogen-bond acceptors (Lipinski definition) is 5. The molecule has 1 heterocycles. The molecule has 4 N–H and O–H groups in total. The molecule has 0 bridgehead atoms. The zero-order valence-electron chi connectivity index (χ0n) is 10.4. The Kier molecular flexibility index (Phi) is 4.01. The Balaban J connectivity index is 2.86. The first-order valence-corrected chi connectivity index (χ1v) is 5.47. The number of nitrogens with zero attached hydrogens (tertiary/aromatic N) is 3. The molecular weight excluding hydrogens is 218 g/mol. The molecule has 1 aromatic heterocycles. The van der Waals surface area contributed by atoms with Crippen molar-refractivity contribution in [3.05, 3.63) is 18.1 Å². The third kappa shape index (κ3) is 3.99. The standard InChI is InChI=1S/C11H19N5O/c1-4-16(7-11(2,3)17)9-6-14-8(5-15-9)10(12)13/h5-6,17H,4,7H2,1-3H3,(H3,12,13). The Morgan fingerprint density at radius 2 is 2.12 bits per heavy atom. The molecule has 1 rings (SSSR count). The van der Waals surface area contributed by atoms with E-state index in [1.165, 1.54) is 6.20 Å². The fraction of sp³-hybridized carbons (Fsp3) is 0.545. The van der Waals surface area contributed by atoms with Crippen LogP contribution >= 0.6 is 0 Å². The number of nitrogens with one attached hydrogen (secondary N) is 1. The topological polar surface area (TPSA) is 99.1 Å². The van der Waals surface area contributed by atoms with Crippen molar-refractivity contribution in [3.8, 4) is 0 Å². The first-order valence-electron chi connectivity index (χ1n) is 5.47. The lowest BCUT2D eigenvalue weighted by molar-refractivity contribution is 0.0874. The number of amidine groups is 1. The van der Waals surface area contributed by atoms with Crippen LogP contribution in [0, 0.1) is 5.41 Å². The van der Waals surface area contributed by atoms with Crippen molar-refractivity contribution in [1.82, 2.24) is 9.97 Å². The van der Waals surface area contributed by atoms with Crippen LogP contribution in [0.3, 0.4) is 0 Å². The highest BCUT2D eigenvalue weighted by atomic mass is 16.3. The summed E-state index contributed by atoms with van der Waals surface area (Å²) in [5.74, 6) is 0.564. The predicted octanol–water partition coefficient (Wildman–Crippen LogP) is 0.358. The van der Waals surface area contributed by atoms with E-state index in [9.17, 15) is 5.11 Å². The van der Waals surface area contributed by atoms with Gasteiger partial charge in [-0.05, 0) is 20.8 Å². The zero-order valence-corrected chi connectivity index (χ0v) is 10.4. The fourth-order valence-electron chi connectivity index (χ4n) is 1.45. The molecule has 94 valence electrons. The molecule has 0 aromatic carbocycles. The average Bonchev–Trinajstić information content (AvgIpc) is 2.25. The number of hydrogen-bond donors (Lipinski definition) is 3. The number of anilines is 1. The molecule has 0 radical (unpaired) electrons. The number of rotatable bonds is 5. The molecule has 1 aromatic rings. The molecule has 6 heteroatoms. The van der Waals surface area contributed by atoms with E-state index in [0.29, 0.717) is 18.1 Å². The van der Waals surface area contributed by atoms with Gasteiger partial charge in [-0.25, -0.2) is 9.97 Å². The molecule has 0 spiro atoms. The van der Waals surface area contributed by atoms with Crippen LogP contribution in [-0.4, -0.2) is 39.6 Å². The second-order valence-electron chi connectivity index (χ2n) is 4.50. The summed E-state index contributed by atoms with van der Waals surface area (Å²) >= 11 is 0. The van der Waals surface area contributed by atoms with Gasteiger partial charge in [0.05, 0.1) is 18.0 Å². The van der Waals surface area contributed by atoms with Gasteiger partial charge in [-0.3, -0.25) is 5.41 Å². The minimum Gasteiger partial charge on any atom is -0.389 e. The normalized spacial score (nSPS) is 11.3. The van der Waals surface area contributed by atoms with Gasteiger partial charge >= 0.3 is 0 Å². The Morgan fingerprint density at radius 3 is 2.47 bits per heavy atom. The van der Waals surface area contributed by atoms with E-state index in [-0.39, 0.29) is 5.84 Å². The van der Waals surface area contributed by atoms with Crippen LogP contribution in [0.1, 0.15) is 26.5 Å². The van der Waals surface area contributed by atoms with Crippen molar-refractivity contribution in [2.45, 2.75) is 26.4 Å². The van der Waals surface area contributed by atoms with Crippen LogP contribution in [0.25, 0.3) is 0 Å². The van der Waals surface area contributed by atoms with Gasteiger partial charge < -0.3 is 15.7 Å². The van der Waals surface area contributed by atoms with Gasteiger partial charge in [0.15, 0.2) is 0 Å². The Morgan fingerprint density at radius 1 is 1.47 bits per heavy atom. The molecule has 0 unspecified atom stereocenters. The molecule has 0 aliphatic heterocycles. The summed E-state index contributed by atoms with van der Waals surface area (Å²) in [6.07, 6.45) is 3.02. The first-order chi connectivity index (χ1) is 7.83. The summed E-state index contributed by atoms with van der Waals surface area (Å²) in [5, 5.41) is 17.0. The van der Waals surface area contributed by atoms with Gasteiger partial charge in [0.2, 0.25) is 0 Å². The SMILES string of the molecule is CCN(CC(C)(C)O)c1cnc(C(=N)N)cn1. The van der Waals surface area contributed by atoms with Crippen LogP contribution in [0.15, 0.2) is 12.4 Å². The summed E-state index contributed by atoms with van der Waals surface area (Å²) < 4.78 is 0. The molecule has 0 amide bonds. The third-order valence-electron chi connectivity index (χ3n) is 2.20. The number of nitrogen functional groups attached to an aromatic ring is 1. The van der Waals surface area contributed by atoms with E-state index < -0.39 is 5.60 Å². The lowest BCUT2D eigenvalue weighted by Gasteiger charge is -2.28. The van der Waals surface area contributed by atoms with Crippen LogP contribution in [0.4, 0.5) is 5.82 Å². The van der Waals surface area contributed by atoms with Gasteiger partial charge in [0.1, 0.15) is 17.3 Å². The quantitative estimate of drug-likeness (QED) is 0.507. The minimum atomic E-state index is -0.795. The van der Waals surface area contributed by atoms with Gasteiger partial charge in [0.25, 0.3) is 0 Å². The van der Waals surface area contributed by atoms with Gasteiger partial charge in [0, 0.05) is 13.1 Å². The Hall–Kier alpha value is -1.69. The van der Waals surface area contributed by atoms with Gasteiger partial charge in [-0.15, -0.1) is 0 Å². The number of nitrogens with two attached hydrogens (primary N) is 1. The summed E-state index contributed by atoms with van der Waals surface area (Å²) in [5.41, 5.74) is 4.86. The molecule has 0 saturated heterocycles. The van der Waals surface area contributed by atoms with Crippen LogP contribution < -0.4 is 10.6 Å². The molecule has 6 nitrogen and oxygen atoms in total. The fourth-order valence-corrected chi connectivity index (χ4v) is 1.45. The maximum atomic E-state index is 9.78. The van der Waals surface area contributed by atoms with Crippen molar-refractivity contribution in [2.24, 2.45) is 5.73 Å². The maximum absolute atomic E-state index is 9.78. The summed E-state index contributed by atoms with van der Waals surface area (Å²) in [4.78, 5) is 10.1. The summed E-state index contributed by atoms with van der Waals surface area (Å²) in [6.45, 7) is 6.65. The second-order valence-corrected chi connectivity index (χ2v) is 4.50. The average molecular weight is 237 g/mol. The Bertz CT molecular complexity index is 382. The highest BCUT2D eigenvalue weighted by molar-refractivity contribution is 5.92. The van der Waals surface area contributed by atoms with Crippen molar-refractivity contribution in [1.29, 1.82) is 5.41 Å². The van der Waals surface area contributed by atoms with E-state index in [0.717, 1.165) is 6.54 Å². The lowest BCUT2D eigenvalue weighted by Crippen LogP contribution is -2.39. The largest absolute Gasteiger partial charge is 0.389 e. The van der Waals surface area contributed by atoms with Crippen molar-refractivity contribution in [2.75, 3.05) is 18.0 Å². The number of aromatic nitrogens is 2. The van der Waals surface area contributed by atoms with Crippen molar-refractivity contribution in [3.63, 3.8) is 0 Å². The predicted molar refractivity (Wildman–Crippen MR) is 67.2 cm³/mol. The summed E-state index contributed by atoms with van der Waals surface area (Å²) in [6, 6.07) is 0. The summed E-state index contributed by atoms with van der Waals surface area (Å²) in [7, 11) is 0. The van der Waals surface area contributed by atoms with Crippen LogP contribution in [-0.2, 0) is 0 Å². The van der Waals surface area contributed by atoms with Crippen molar-refractivity contribution < 1.29 is 5.11 Å². The number of likely N-dealkylation sites (N-methyl/N-ethyl adjacent to an activating group) is 1. The highest BCUT2D eigenvalue weighted by Gasteiger charge is 2.18. The molecular formula is C11H19N5O. The van der Waals surface area contributed by atoms with Crippen LogP contribution in [0.2, 0.25) is 0 Å². The smallest absolute Gasteiger partial charge is 0.147 e. The van der Waals surface area contributed by atoms with E-state index in [1.54, 1.807) is 20.0 Å². The van der Waals surface area contributed by atoms with Gasteiger partial charge in [-0.1, -0.05) is 0 Å². The monoisotopic (exact) mass is 237 g/mol. The molecule has 17 heavy (non-hydrogen) atoms. The second kappa shape index (κ2) is 5.09. The maximum Gasteiger partial charge on any atom is 0.147 e. The Labute approximate surface area is 101 Å². The molecule has 0 aliphatic carbocycles. The molecule has 0 saturated carbocycles. The lowest BCUT2D eigenvalue weighted by atomic mass is 10.1. The molecule has 0 aliphatic rings. The van der Waals surface area contributed by atoms with E-state index in [2.05, 4.69) is 9.97 Å². The first kappa shape index (κ1) is 13.4. The van der Waals surface area contributed by atoms with Gasteiger partial charge in [-0.2, -0.15) is 0 Å². The third-order valence-corrected chi connectivity index (χ3v) is 2.20. The van der Waals surface area contributed by atoms with E-state index >= 15 is 0 Å².